The Morgan fingerprint density at radius 2 is 2.00 bits per heavy atom. The molecule has 0 bridgehead atoms. The smallest absolute Gasteiger partial charge is 0.217 e. The van der Waals surface area contributed by atoms with Crippen molar-refractivity contribution in [1.82, 2.24) is 5.32 Å². The van der Waals surface area contributed by atoms with Crippen molar-refractivity contribution in [2.45, 2.75) is 64.6 Å². The lowest BCUT2D eigenvalue weighted by Crippen LogP contribution is -2.40. The molecule has 3 atom stereocenters. The zero-order valence-electron chi connectivity index (χ0n) is 10.1. The van der Waals surface area contributed by atoms with Crippen molar-refractivity contribution in [3.63, 3.8) is 0 Å². The molecule has 0 rings (SSSR count). The van der Waals surface area contributed by atoms with Crippen LogP contribution in [0.25, 0.3) is 0 Å². The number of carbonyl (C=O) groups excluding carboxylic acids is 1. The van der Waals surface area contributed by atoms with E-state index in [1.807, 2.05) is 6.92 Å². The van der Waals surface area contributed by atoms with E-state index in [0.717, 1.165) is 19.3 Å². The van der Waals surface area contributed by atoms with Gasteiger partial charge in [0, 0.05) is 24.5 Å². The molecule has 0 spiro atoms. The van der Waals surface area contributed by atoms with Gasteiger partial charge in [-0.3, -0.25) is 4.79 Å². The van der Waals surface area contributed by atoms with Crippen molar-refractivity contribution in [3.8, 4) is 0 Å². The van der Waals surface area contributed by atoms with Crippen LogP contribution in [0.4, 0.5) is 0 Å². The van der Waals surface area contributed by atoms with E-state index in [-0.39, 0.29) is 11.9 Å². The summed E-state index contributed by atoms with van der Waals surface area (Å²) < 4.78 is 0. The van der Waals surface area contributed by atoms with Crippen molar-refractivity contribution in [1.29, 1.82) is 0 Å². The summed E-state index contributed by atoms with van der Waals surface area (Å²) in [5.41, 5.74) is 10.9. The molecule has 15 heavy (non-hydrogen) atoms. The molecule has 1 amide bonds. The van der Waals surface area contributed by atoms with Crippen LogP contribution in [-0.4, -0.2) is 24.0 Å². The zero-order chi connectivity index (χ0) is 11.8. The molecule has 0 aromatic rings. The van der Waals surface area contributed by atoms with Crippen molar-refractivity contribution in [3.05, 3.63) is 0 Å². The van der Waals surface area contributed by atoms with Gasteiger partial charge < -0.3 is 16.8 Å². The first-order valence-electron chi connectivity index (χ1n) is 5.75. The molecule has 0 fully saturated rings. The van der Waals surface area contributed by atoms with Crippen LogP contribution in [0.2, 0.25) is 0 Å². The third-order valence-corrected chi connectivity index (χ3v) is 2.53. The number of hydrogen-bond acceptors (Lipinski definition) is 3. The first-order chi connectivity index (χ1) is 6.95. The van der Waals surface area contributed by atoms with Gasteiger partial charge in [-0.1, -0.05) is 6.92 Å². The van der Waals surface area contributed by atoms with E-state index in [0.29, 0.717) is 18.5 Å². The third kappa shape index (κ3) is 8.39. The predicted molar refractivity (Wildman–Crippen MR) is 63.4 cm³/mol. The van der Waals surface area contributed by atoms with Gasteiger partial charge in [0.05, 0.1) is 0 Å². The van der Waals surface area contributed by atoms with Gasteiger partial charge >= 0.3 is 0 Å². The Labute approximate surface area is 92.8 Å². The molecule has 0 heterocycles. The molecule has 0 aromatic heterocycles. The number of hydrogen-bond donors (Lipinski definition) is 3. The summed E-state index contributed by atoms with van der Waals surface area (Å²) in [6.45, 7) is 6.25. The minimum atomic E-state index is -0.240. The molecule has 5 N–H and O–H groups in total. The molecule has 0 aliphatic rings. The second-order valence-electron chi connectivity index (χ2n) is 4.39. The normalized spacial score (nSPS) is 17.1. The molecular formula is C11H25N3O. The van der Waals surface area contributed by atoms with E-state index in [2.05, 4.69) is 19.2 Å². The maximum Gasteiger partial charge on any atom is 0.217 e. The first-order valence-corrected chi connectivity index (χ1v) is 5.75. The Morgan fingerprint density at radius 1 is 1.40 bits per heavy atom. The van der Waals surface area contributed by atoms with E-state index < -0.39 is 0 Å². The highest BCUT2D eigenvalue weighted by Crippen LogP contribution is 2.06. The second kappa shape index (κ2) is 7.65. The third-order valence-electron chi connectivity index (χ3n) is 2.53. The molecule has 0 aliphatic heterocycles. The van der Waals surface area contributed by atoms with Gasteiger partial charge in [0.1, 0.15) is 0 Å². The molecule has 4 heteroatoms. The lowest BCUT2D eigenvalue weighted by molar-refractivity contribution is -0.118. The summed E-state index contributed by atoms with van der Waals surface area (Å²) >= 11 is 0. The molecule has 4 nitrogen and oxygen atoms in total. The van der Waals surface area contributed by atoms with Gasteiger partial charge in [0.15, 0.2) is 0 Å². The van der Waals surface area contributed by atoms with Crippen LogP contribution in [0.15, 0.2) is 0 Å². The van der Waals surface area contributed by atoms with Crippen molar-refractivity contribution in [2.75, 3.05) is 0 Å². The SMILES string of the molecule is CCC(C)NC(CCC(N)=O)CC(C)N. The van der Waals surface area contributed by atoms with Crippen LogP contribution >= 0.6 is 0 Å². The van der Waals surface area contributed by atoms with Gasteiger partial charge in [0.2, 0.25) is 5.91 Å². The average Bonchev–Trinajstić information content (AvgIpc) is 2.13. The zero-order valence-corrected chi connectivity index (χ0v) is 10.1. The number of nitrogens with one attached hydrogen (secondary N) is 1. The summed E-state index contributed by atoms with van der Waals surface area (Å²) in [5.74, 6) is -0.240. The Hall–Kier alpha value is -0.610. The monoisotopic (exact) mass is 215 g/mol. The largest absolute Gasteiger partial charge is 0.370 e. The van der Waals surface area contributed by atoms with E-state index in [1.165, 1.54) is 0 Å². The number of carbonyl (C=O) groups is 1. The fourth-order valence-corrected chi connectivity index (χ4v) is 1.55. The molecule has 3 unspecified atom stereocenters. The highest BCUT2D eigenvalue weighted by Gasteiger charge is 2.13. The molecule has 0 aromatic carbocycles. The topological polar surface area (TPSA) is 81.1 Å². The van der Waals surface area contributed by atoms with E-state index in [1.54, 1.807) is 0 Å². The van der Waals surface area contributed by atoms with Gasteiger partial charge in [-0.05, 0) is 33.1 Å². The second-order valence-corrected chi connectivity index (χ2v) is 4.39. The maximum absolute atomic E-state index is 10.7. The Kier molecular flexibility index (Phi) is 7.34. The van der Waals surface area contributed by atoms with Crippen LogP contribution in [0.5, 0.6) is 0 Å². The van der Waals surface area contributed by atoms with Gasteiger partial charge in [0.25, 0.3) is 0 Å². The van der Waals surface area contributed by atoms with Crippen LogP contribution in [0, 0.1) is 0 Å². The van der Waals surface area contributed by atoms with Gasteiger partial charge in [-0.25, -0.2) is 0 Å². The Balaban J connectivity index is 3.99. The molecule has 0 saturated heterocycles. The van der Waals surface area contributed by atoms with E-state index >= 15 is 0 Å². The van der Waals surface area contributed by atoms with Crippen molar-refractivity contribution < 1.29 is 4.79 Å². The highest BCUT2D eigenvalue weighted by molar-refractivity contribution is 5.73. The maximum atomic E-state index is 10.7. The fraction of sp³-hybridized carbons (Fsp3) is 0.909. The first kappa shape index (κ1) is 14.4. The number of rotatable bonds is 8. The Morgan fingerprint density at radius 3 is 2.40 bits per heavy atom. The molecule has 90 valence electrons. The molecular weight excluding hydrogens is 190 g/mol. The summed E-state index contributed by atoms with van der Waals surface area (Å²) in [7, 11) is 0. The summed E-state index contributed by atoms with van der Waals surface area (Å²) in [6.07, 6.45) is 3.17. The molecule has 0 saturated carbocycles. The van der Waals surface area contributed by atoms with Crippen LogP contribution in [0.1, 0.15) is 46.5 Å². The fourth-order valence-electron chi connectivity index (χ4n) is 1.55. The van der Waals surface area contributed by atoms with Crippen LogP contribution < -0.4 is 16.8 Å². The van der Waals surface area contributed by atoms with Crippen LogP contribution in [-0.2, 0) is 4.79 Å². The minimum Gasteiger partial charge on any atom is -0.370 e. The predicted octanol–water partition coefficient (Wildman–Crippen LogP) is 0.746. The quantitative estimate of drug-likeness (QED) is 0.559. The molecule has 0 radical (unpaired) electrons. The average molecular weight is 215 g/mol. The number of amides is 1. The summed E-state index contributed by atoms with van der Waals surface area (Å²) in [5, 5.41) is 3.47. The standard InChI is InChI=1S/C11H25N3O/c1-4-9(3)14-10(7-8(2)12)5-6-11(13)15/h8-10,14H,4-7,12H2,1-3H3,(H2,13,15). The van der Waals surface area contributed by atoms with Crippen LogP contribution in [0.3, 0.4) is 0 Å². The summed E-state index contributed by atoms with van der Waals surface area (Å²) in [4.78, 5) is 10.7. The van der Waals surface area contributed by atoms with Crippen molar-refractivity contribution in [2.24, 2.45) is 11.5 Å². The minimum absolute atomic E-state index is 0.152. The lowest BCUT2D eigenvalue weighted by atomic mass is 10.0. The molecule has 0 aliphatic carbocycles. The van der Waals surface area contributed by atoms with E-state index in [9.17, 15) is 4.79 Å². The number of primary amides is 1. The van der Waals surface area contributed by atoms with E-state index in [4.69, 9.17) is 11.5 Å². The lowest BCUT2D eigenvalue weighted by Gasteiger charge is -2.23. The van der Waals surface area contributed by atoms with Gasteiger partial charge in [-0.2, -0.15) is 0 Å². The Bertz CT molecular complexity index is 183. The summed E-state index contributed by atoms with van der Waals surface area (Å²) in [6, 6.07) is 0.911. The van der Waals surface area contributed by atoms with Crippen molar-refractivity contribution >= 4 is 5.91 Å². The highest BCUT2D eigenvalue weighted by atomic mass is 16.1. The van der Waals surface area contributed by atoms with Gasteiger partial charge in [-0.15, -0.1) is 0 Å². The number of nitrogens with two attached hydrogens (primary N) is 2.